The highest BCUT2D eigenvalue weighted by molar-refractivity contribution is 7.88. The van der Waals surface area contributed by atoms with Crippen LogP contribution in [0.1, 0.15) is 37.7 Å². The van der Waals surface area contributed by atoms with E-state index in [0.29, 0.717) is 32.0 Å². The van der Waals surface area contributed by atoms with E-state index in [4.69, 9.17) is 0 Å². The molecule has 0 aromatic heterocycles. The van der Waals surface area contributed by atoms with Crippen molar-refractivity contribution in [1.82, 2.24) is 9.62 Å². The molecule has 0 saturated carbocycles. The largest absolute Gasteiger partial charge is 0.356 e. The second-order valence-electron chi connectivity index (χ2n) is 6.57. The Morgan fingerprint density at radius 2 is 1.88 bits per heavy atom. The Labute approximate surface area is 143 Å². The highest BCUT2D eigenvalue weighted by atomic mass is 32.2. The van der Waals surface area contributed by atoms with Gasteiger partial charge in [0.1, 0.15) is 5.82 Å². The average molecular weight is 356 g/mol. The summed E-state index contributed by atoms with van der Waals surface area (Å²) in [5.41, 5.74) is 0.938. The summed E-state index contributed by atoms with van der Waals surface area (Å²) in [6, 6.07) is 6.21. The van der Waals surface area contributed by atoms with Crippen molar-refractivity contribution in [2.75, 3.05) is 25.9 Å². The molecule has 0 spiro atoms. The van der Waals surface area contributed by atoms with Crippen molar-refractivity contribution in [3.8, 4) is 0 Å². The molecular formula is C17H25FN2O3S. The minimum Gasteiger partial charge on any atom is -0.356 e. The minimum atomic E-state index is -3.11. The number of nitrogens with one attached hydrogen (secondary N) is 1. The van der Waals surface area contributed by atoms with Gasteiger partial charge in [-0.2, -0.15) is 0 Å². The number of halogens is 1. The summed E-state index contributed by atoms with van der Waals surface area (Å²) in [5, 5.41) is 2.94. The van der Waals surface area contributed by atoms with Crippen LogP contribution in [0, 0.1) is 11.7 Å². The first-order valence-electron chi connectivity index (χ1n) is 8.23. The van der Waals surface area contributed by atoms with Gasteiger partial charge in [-0.1, -0.05) is 19.1 Å². The fourth-order valence-corrected chi connectivity index (χ4v) is 3.84. The highest BCUT2D eigenvalue weighted by Crippen LogP contribution is 2.20. The van der Waals surface area contributed by atoms with Crippen molar-refractivity contribution in [2.45, 2.75) is 32.1 Å². The Bertz CT molecular complexity index is 653. The Kier molecular flexibility index (Phi) is 6.34. The van der Waals surface area contributed by atoms with Crippen LogP contribution in [0.5, 0.6) is 0 Å². The van der Waals surface area contributed by atoms with Gasteiger partial charge in [0.05, 0.1) is 6.26 Å². The van der Waals surface area contributed by atoms with Crippen molar-refractivity contribution in [1.29, 1.82) is 0 Å². The van der Waals surface area contributed by atoms with Gasteiger partial charge in [-0.15, -0.1) is 0 Å². The number of piperidine rings is 1. The number of carbonyl (C=O) groups is 1. The first-order chi connectivity index (χ1) is 11.3. The molecule has 0 aliphatic carbocycles. The quantitative estimate of drug-likeness (QED) is 0.849. The lowest BCUT2D eigenvalue weighted by Crippen LogP contribution is -2.41. The van der Waals surface area contributed by atoms with Crippen LogP contribution in [0.2, 0.25) is 0 Å². The Morgan fingerprint density at radius 3 is 2.42 bits per heavy atom. The van der Waals surface area contributed by atoms with Crippen LogP contribution in [-0.2, 0) is 14.8 Å². The monoisotopic (exact) mass is 356 g/mol. The molecule has 7 heteroatoms. The SMILES string of the molecule is CC(CC(=O)NCC1CCN(S(C)(=O)=O)CC1)c1ccc(F)cc1. The van der Waals surface area contributed by atoms with Gasteiger partial charge in [-0.25, -0.2) is 17.1 Å². The molecule has 1 heterocycles. The molecule has 2 rings (SSSR count). The fourth-order valence-electron chi connectivity index (χ4n) is 2.96. The van der Waals surface area contributed by atoms with Crippen molar-refractivity contribution in [3.05, 3.63) is 35.6 Å². The lowest BCUT2D eigenvalue weighted by Gasteiger charge is -2.30. The number of hydrogen-bond donors (Lipinski definition) is 1. The van der Waals surface area contributed by atoms with E-state index in [2.05, 4.69) is 5.32 Å². The van der Waals surface area contributed by atoms with Gasteiger partial charge in [0.25, 0.3) is 0 Å². The van der Waals surface area contributed by atoms with Gasteiger partial charge < -0.3 is 5.32 Å². The second-order valence-corrected chi connectivity index (χ2v) is 8.55. The van der Waals surface area contributed by atoms with Gasteiger partial charge in [0.15, 0.2) is 0 Å². The number of carbonyl (C=O) groups excluding carboxylic acids is 1. The van der Waals surface area contributed by atoms with Crippen LogP contribution in [0.3, 0.4) is 0 Å². The first kappa shape index (κ1) is 18.9. The predicted molar refractivity (Wildman–Crippen MR) is 91.6 cm³/mol. The maximum absolute atomic E-state index is 12.9. The van der Waals surface area contributed by atoms with E-state index in [1.165, 1.54) is 22.7 Å². The molecule has 1 aliphatic heterocycles. The van der Waals surface area contributed by atoms with Gasteiger partial charge in [0, 0.05) is 26.1 Å². The predicted octanol–water partition coefficient (Wildman–Crippen LogP) is 2.11. The van der Waals surface area contributed by atoms with Crippen LogP contribution >= 0.6 is 0 Å². The van der Waals surface area contributed by atoms with E-state index in [1.807, 2.05) is 6.92 Å². The normalized spacial score (nSPS) is 18.3. The molecule has 1 fully saturated rings. The summed E-state index contributed by atoms with van der Waals surface area (Å²) in [4.78, 5) is 12.1. The molecule has 1 amide bonds. The molecule has 0 radical (unpaired) electrons. The molecule has 134 valence electrons. The van der Waals surface area contributed by atoms with Crippen LogP contribution in [0.4, 0.5) is 4.39 Å². The standard InChI is InChI=1S/C17H25FN2O3S/c1-13(15-3-5-16(18)6-4-15)11-17(21)19-12-14-7-9-20(10-8-14)24(2,22)23/h3-6,13-14H,7-12H2,1-2H3,(H,19,21). The number of hydrogen-bond acceptors (Lipinski definition) is 3. The van der Waals surface area contributed by atoms with E-state index in [1.54, 1.807) is 12.1 Å². The molecule has 24 heavy (non-hydrogen) atoms. The number of amides is 1. The third-order valence-electron chi connectivity index (χ3n) is 4.56. The molecule has 0 bridgehead atoms. The maximum atomic E-state index is 12.9. The van der Waals surface area contributed by atoms with Gasteiger partial charge in [-0.3, -0.25) is 4.79 Å². The van der Waals surface area contributed by atoms with Crippen molar-refractivity contribution in [2.24, 2.45) is 5.92 Å². The molecule has 1 aliphatic rings. The second kappa shape index (κ2) is 8.07. The average Bonchev–Trinajstić information content (AvgIpc) is 2.53. The van der Waals surface area contributed by atoms with Crippen LogP contribution in [0.25, 0.3) is 0 Å². The Morgan fingerprint density at radius 1 is 1.29 bits per heavy atom. The number of sulfonamides is 1. The van der Waals surface area contributed by atoms with Crippen molar-refractivity contribution >= 4 is 15.9 Å². The summed E-state index contributed by atoms with van der Waals surface area (Å²) in [6.07, 6.45) is 3.11. The van der Waals surface area contributed by atoms with Crippen LogP contribution in [0.15, 0.2) is 24.3 Å². The lowest BCUT2D eigenvalue weighted by molar-refractivity contribution is -0.121. The lowest BCUT2D eigenvalue weighted by atomic mass is 9.96. The Hall–Kier alpha value is -1.47. The fraction of sp³-hybridized carbons (Fsp3) is 0.588. The van der Waals surface area contributed by atoms with E-state index in [9.17, 15) is 17.6 Å². The van der Waals surface area contributed by atoms with Crippen molar-refractivity contribution in [3.63, 3.8) is 0 Å². The maximum Gasteiger partial charge on any atom is 0.220 e. The molecule has 1 aromatic rings. The van der Waals surface area contributed by atoms with Gasteiger partial charge in [0.2, 0.25) is 15.9 Å². The first-order valence-corrected chi connectivity index (χ1v) is 10.1. The zero-order chi connectivity index (χ0) is 17.7. The number of rotatable bonds is 6. The molecular weight excluding hydrogens is 331 g/mol. The zero-order valence-corrected chi connectivity index (χ0v) is 15.0. The third kappa shape index (κ3) is 5.56. The van der Waals surface area contributed by atoms with Crippen LogP contribution < -0.4 is 5.32 Å². The summed E-state index contributed by atoms with van der Waals surface area (Å²) < 4.78 is 37.3. The highest BCUT2D eigenvalue weighted by Gasteiger charge is 2.25. The van der Waals surface area contributed by atoms with Gasteiger partial charge in [-0.05, 0) is 42.4 Å². The van der Waals surface area contributed by atoms with E-state index < -0.39 is 10.0 Å². The summed E-state index contributed by atoms with van der Waals surface area (Å²) in [7, 11) is -3.11. The zero-order valence-electron chi connectivity index (χ0n) is 14.2. The van der Waals surface area contributed by atoms with Gasteiger partial charge >= 0.3 is 0 Å². The van der Waals surface area contributed by atoms with E-state index >= 15 is 0 Å². The minimum absolute atomic E-state index is 0.0256. The Balaban J connectivity index is 1.73. The molecule has 1 N–H and O–H groups in total. The van der Waals surface area contributed by atoms with Crippen molar-refractivity contribution < 1.29 is 17.6 Å². The molecule has 1 aromatic carbocycles. The third-order valence-corrected chi connectivity index (χ3v) is 5.86. The summed E-state index contributed by atoms with van der Waals surface area (Å²) >= 11 is 0. The summed E-state index contributed by atoms with van der Waals surface area (Å²) in [5.74, 6) is 0.0268. The molecule has 1 saturated heterocycles. The van der Waals surface area contributed by atoms with E-state index in [0.717, 1.165) is 18.4 Å². The number of nitrogens with zero attached hydrogens (tertiary/aromatic N) is 1. The summed E-state index contributed by atoms with van der Waals surface area (Å²) in [6.45, 7) is 3.56. The topological polar surface area (TPSA) is 66.5 Å². The van der Waals surface area contributed by atoms with E-state index in [-0.39, 0.29) is 17.6 Å². The molecule has 1 unspecified atom stereocenters. The smallest absolute Gasteiger partial charge is 0.220 e. The van der Waals surface area contributed by atoms with Crippen LogP contribution in [-0.4, -0.2) is 44.5 Å². The number of benzene rings is 1. The molecule has 1 atom stereocenters. The molecule has 5 nitrogen and oxygen atoms in total.